The van der Waals surface area contributed by atoms with Crippen molar-refractivity contribution in [2.24, 2.45) is 11.8 Å². The molecule has 0 bridgehead atoms. The first-order chi connectivity index (χ1) is 13.7. The molecule has 2 N–H and O–H groups in total. The summed E-state index contributed by atoms with van der Waals surface area (Å²) < 4.78 is 102. The lowest BCUT2D eigenvalue weighted by Crippen LogP contribution is -2.47. The first-order valence-electron chi connectivity index (χ1n) is 8.60. The molecule has 1 rings (SSSR count). The molecule has 1 aliphatic rings. The third-order valence-electron chi connectivity index (χ3n) is 4.43. The van der Waals surface area contributed by atoms with Crippen molar-refractivity contribution in [3.63, 3.8) is 0 Å². The van der Waals surface area contributed by atoms with Crippen molar-refractivity contribution >= 4 is 12.2 Å². The van der Waals surface area contributed by atoms with Crippen LogP contribution in [0.2, 0.25) is 0 Å². The molecule has 30 heavy (non-hydrogen) atoms. The van der Waals surface area contributed by atoms with Gasteiger partial charge in [-0.2, -0.15) is 17.6 Å². The lowest BCUT2D eigenvalue weighted by molar-refractivity contribution is -0.140. The second kappa shape index (κ2) is 10.2. The molecule has 0 aromatic carbocycles. The normalized spacial score (nSPS) is 19.9. The monoisotopic (exact) mass is 456 g/mol. The molecule has 1 aliphatic carbocycles. The van der Waals surface area contributed by atoms with Crippen LogP contribution in [0.4, 0.5) is 44.7 Å². The summed E-state index contributed by atoms with van der Waals surface area (Å²) in [4.78, 5) is 22.4. The summed E-state index contributed by atoms with van der Waals surface area (Å²) in [5.41, 5.74) is 0. The van der Waals surface area contributed by atoms with E-state index in [1.165, 1.54) is 12.2 Å². The van der Waals surface area contributed by atoms with Gasteiger partial charge in [0, 0.05) is 13.1 Å². The van der Waals surface area contributed by atoms with Crippen LogP contribution in [0.15, 0.2) is 12.2 Å². The largest absolute Gasteiger partial charge is 0.465 e. The zero-order chi connectivity index (χ0) is 23.3. The highest BCUT2D eigenvalue weighted by atomic mass is 19.3. The Labute approximate surface area is 165 Å². The van der Waals surface area contributed by atoms with Crippen molar-refractivity contribution in [2.75, 3.05) is 26.2 Å². The fourth-order valence-corrected chi connectivity index (χ4v) is 3.01. The van der Waals surface area contributed by atoms with Gasteiger partial charge in [-0.05, 0) is 24.7 Å². The van der Waals surface area contributed by atoms with E-state index in [1.807, 2.05) is 0 Å². The maximum absolute atomic E-state index is 13.2. The maximum Gasteiger partial charge on any atom is 0.407 e. The van der Waals surface area contributed by atoms with E-state index in [1.54, 1.807) is 0 Å². The van der Waals surface area contributed by atoms with Crippen LogP contribution in [0.1, 0.15) is 12.8 Å². The SMILES string of the molecule is O=C(O)N(CC1C=CCC(CN(CC(F)(F)C(F)F)C(=O)O)C1)CC(F)(F)C(F)F. The number of alkyl halides is 8. The molecule has 2 atom stereocenters. The van der Waals surface area contributed by atoms with E-state index in [0.717, 1.165) is 0 Å². The Morgan fingerprint density at radius 3 is 1.73 bits per heavy atom. The molecule has 0 spiro atoms. The van der Waals surface area contributed by atoms with Crippen molar-refractivity contribution in [2.45, 2.75) is 37.5 Å². The fraction of sp³-hybridized carbons (Fsp3) is 0.750. The highest BCUT2D eigenvalue weighted by molar-refractivity contribution is 5.65. The Morgan fingerprint density at radius 2 is 1.33 bits per heavy atom. The molecule has 0 radical (unpaired) electrons. The van der Waals surface area contributed by atoms with Crippen LogP contribution >= 0.6 is 0 Å². The Morgan fingerprint density at radius 1 is 0.900 bits per heavy atom. The molecule has 174 valence electrons. The molecule has 2 amide bonds. The van der Waals surface area contributed by atoms with Crippen LogP contribution in [0.3, 0.4) is 0 Å². The molecule has 0 aromatic rings. The van der Waals surface area contributed by atoms with Crippen molar-refractivity contribution in [3.8, 4) is 0 Å². The number of rotatable bonds is 10. The van der Waals surface area contributed by atoms with Gasteiger partial charge in [0.15, 0.2) is 0 Å². The van der Waals surface area contributed by atoms with E-state index in [0.29, 0.717) is 0 Å². The fourth-order valence-electron chi connectivity index (χ4n) is 3.01. The smallest absolute Gasteiger partial charge is 0.407 e. The van der Waals surface area contributed by atoms with Crippen molar-refractivity contribution in [3.05, 3.63) is 12.2 Å². The lowest BCUT2D eigenvalue weighted by Gasteiger charge is -2.33. The molecule has 0 heterocycles. The Hall–Kier alpha value is -2.28. The molecular weight excluding hydrogens is 436 g/mol. The third-order valence-corrected chi connectivity index (χ3v) is 4.43. The minimum Gasteiger partial charge on any atom is -0.465 e. The first-order valence-corrected chi connectivity index (χ1v) is 8.60. The van der Waals surface area contributed by atoms with Crippen LogP contribution in [0.5, 0.6) is 0 Å². The molecule has 2 unspecified atom stereocenters. The minimum absolute atomic E-state index is 0.0510. The summed E-state index contributed by atoms with van der Waals surface area (Å²) in [6.07, 6.45) is -9.00. The van der Waals surface area contributed by atoms with E-state index in [-0.39, 0.29) is 22.6 Å². The van der Waals surface area contributed by atoms with Crippen molar-refractivity contribution in [1.82, 2.24) is 9.80 Å². The lowest BCUT2D eigenvalue weighted by atomic mass is 9.86. The van der Waals surface area contributed by atoms with Gasteiger partial charge < -0.3 is 20.0 Å². The highest BCUT2D eigenvalue weighted by Gasteiger charge is 2.45. The predicted octanol–water partition coefficient (Wildman–Crippen LogP) is 4.33. The molecule has 0 aliphatic heterocycles. The number of nitrogens with zero attached hydrogens (tertiary/aromatic N) is 2. The van der Waals surface area contributed by atoms with Crippen molar-refractivity contribution < 1.29 is 54.9 Å². The van der Waals surface area contributed by atoms with Gasteiger partial charge in [-0.1, -0.05) is 12.2 Å². The highest BCUT2D eigenvalue weighted by Crippen LogP contribution is 2.30. The van der Waals surface area contributed by atoms with Crippen LogP contribution < -0.4 is 0 Å². The van der Waals surface area contributed by atoms with Gasteiger partial charge in [0.2, 0.25) is 0 Å². The summed E-state index contributed by atoms with van der Waals surface area (Å²) in [7, 11) is 0. The molecule has 14 heteroatoms. The predicted molar refractivity (Wildman–Crippen MR) is 86.5 cm³/mol. The second-order valence-corrected chi connectivity index (χ2v) is 6.98. The van der Waals surface area contributed by atoms with Crippen LogP contribution in [0.25, 0.3) is 0 Å². The standard InChI is InChI=1S/C16H20F8N2O4/c17-11(18)15(21,22)7-25(13(27)28)5-9-2-1-3-10(4-9)6-26(14(29)30)8-16(23,24)12(19)20/h1-2,9-12H,3-8H2,(H,27,28)(H,29,30). The maximum atomic E-state index is 13.2. The van der Waals surface area contributed by atoms with Gasteiger partial charge in [0.25, 0.3) is 0 Å². The van der Waals surface area contributed by atoms with Crippen LogP contribution in [-0.2, 0) is 0 Å². The first kappa shape index (κ1) is 25.8. The second-order valence-electron chi connectivity index (χ2n) is 6.98. The summed E-state index contributed by atoms with van der Waals surface area (Å²) >= 11 is 0. The number of hydrogen-bond acceptors (Lipinski definition) is 2. The zero-order valence-corrected chi connectivity index (χ0v) is 15.3. The Bertz CT molecular complexity index is 632. The third kappa shape index (κ3) is 7.52. The van der Waals surface area contributed by atoms with E-state index in [4.69, 9.17) is 10.2 Å². The summed E-state index contributed by atoms with van der Waals surface area (Å²) in [5, 5.41) is 18.0. The summed E-state index contributed by atoms with van der Waals surface area (Å²) in [6.45, 7) is -4.73. The van der Waals surface area contributed by atoms with Gasteiger partial charge >= 0.3 is 36.9 Å². The Kier molecular flexibility index (Phi) is 8.72. The van der Waals surface area contributed by atoms with Crippen LogP contribution in [0, 0.1) is 11.8 Å². The number of carboxylic acid groups (broad SMARTS) is 2. The minimum atomic E-state index is -4.59. The average molecular weight is 456 g/mol. The summed E-state index contributed by atoms with van der Waals surface area (Å²) in [5.74, 6) is -10.7. The molecular formula is C16H20F8N2O4. The van der Waals surface area contributed by atoms with Gasteiger partial charge in [-0.15, -0.1) is 0 Å². The zero-order valence-electron chi connectivity index (χ0n) is 15.3. The number of amides is 2. The van der Waals surface area contributed by atoms with Crippen molar-refractivity contribution in [1.29, 1.82) is 0 Å². The topological polar surface area (TPSA) is 81.1 Å². The number of carbonyl (C=O) groups is 2. The molecule has 0 aromatic heterocycles. The molecule has 0 saturated carbocycles. The number of allylic oxidation sites excluding steroid dienone is 1. The van der Waals surface area contributed by atoms with E-state index in [2.05, 4.69) is 0 Å². The van der Waals surface area contributed by atoms with E-state index in [9.17, 15) is 44.7 Å². The van der Waals surface area contributed by atoms with Gasteiger partial charge in [-0.3, -0.25) is 0 Å². The van der Waals surface area contributed by atoms with Crippen LogP contribution in [-0.4, -0.2) is 83.1 Å². The van der Waals surface area contributed by atoms with Gasteiger partial charge in [0.1, 0.15) is 0 Å². The molecule has 0 saturated heterocycles. The van der Waals surface area contributed by atoms with E-state index >= 15 is 0 Å². The van der Waals surface area contributed by atoms with Gasteiger partial charge in [0.05, 0.1) is 13.1 Å². The molecule has 6 nitrogen and oxygen atoms in total. The number of hydrogen-bond donors (Lipinski definition) is 2. The Balaban J connectivity index is 2.79. The van der Waals surface area contributed by atoms with Gasteiger partial charge in [-0.25, -0.2) is 27.2 Å². The molecule has 0 fully saturated rings. The average Bonchev–Trinajstić information content (AvgIpc) is 2.60. The quantitative estimate of drug-likeness (QED) is 0.379. The summed E-state index contributed by atoms with van der Waals surface area (Å²) in [6, 6.07) is 0. The number of halogens is 8. The van der Waals surface area contributed by atoms with E-state index < -0.39 is 74.9 Å².